The predicted octanol–water partition coefficient (Wildman–Crippen LogP) is -2.37. The van der Waals surface area contributed by atoms with Gasteiger partial charge >= 0.3 is 5.97 Å². The highest BCUT2D eigenvalue weighted by Crippen LogP contribution is 2.73. The molecule has 18 heteroatoms. The minimum absolute atomic E-state index is 0.00993. The predicted molar refractivity (Wildman–Crippen MR) is 187 cm³/mol. The highest BCUT2D eigenvalue weighted by atomic mass is 16.8. The molecule has 3 aliphatic heterocycles. The van der Waals surface area contributed by atoms with Crippen molar-refractivity contribution in [1.29, 1.82) is 0 Å². The fourth-order valence-corrected chi connectivity index (χ4v) is 12.1. The lowest BCUT2D eigenvalue weighted by molar-refractivity contribution is -0.400. The van der Waals surface area contributed by atoms with Crippen LogP contribution in [0.5, 0.6) is 0 Å². The second-order valence-corrected chi connectivity index (χ2v) is 18.0. The Kier molecular flexibility index (Phi) is 11.9. The van der Waals surface area contributed by atoms with Crippen LogP contribution in [0.1, 0.15) is 71.6 Å². The summed E-state index contributed by atoms with van der Waals surface area (Å²) < 4.78 is 36.7. The molecule has 7 fully saturated rings. The van der Waals surface area contributed by atoms with Gasteiger partial charge in [0.05, 0.1) is 30.8 Å². The van der Waals surface area contributed by atoms with E-state index in [2.05, 4.69) is 13.5 Å². The van der Waals surface area contributed by atoms with Crippen molar-refractivity contribution in [2.45, 2.75) is 169 Å². The van der Waals surface area contributed by atoms with E-state index in [0.29, 0.717) is 32.1 Å². The summed E-state index contributed by atoms with van der Waals surface area (Å²) in [6.07, 6.45) is -19.3. The molecule has 7 rings (SSSR count). The van der Waals surface area contributed by atoms with Gasteiger partial charge in [0.2, 0.25) is 0 Å². The molecule has 4 saturated carbocycles. The highest BCUT2D eigenvalue weighted by Gasteiger charge is 2.69. The number of hydrogen-bond donors (Lipinski definition) is 11. The van der Waals surface area contributed by atoms with Crippen molar-refractivity contribution in [2.75, 3.05) is 19.8 Å². The molecule has 0 radical (unpaired) electrons. The number of rotatable bonds is 10. The van der Waals surface area contributed by atoms with Gasteiger partial charge in [0.15, 0.2) is 18.9 Å². The van der Waals surface area contributed by atoms with Gasteiger partial charge in [-0.25, -0.2) is 0 Å². The Morgan fingerprint density at radius 2 is 1.20 bits per heavy atom. The molecular formula is C38H60O18. The van der Waals surface area contributed by atoms with Crippen LogP contribution in [0.3, 0.4) is 0 Å². The zero-order chi connectivity index (χ0) is 40.7. The molecule has 0 amide bonds. The number of carboxylic acid groups (broad SMARTS) is 1. The maximum atomic E-state index is 12.7. The maximum absolute atomic E-state index is 12.7. The van der Waals surface area contributed by atoms with Crippen LogP contribution in [0.15, 0.2) is 12.2 Å². The third kappa shape index (κ3) is 6.69. The molecule has 56 heavy (non-hydrogen) atoms. The van der Waals surface area contributed by atoms with Crippen LogP contribution in [0.25, 0.3) is 0 Å². The molecule has 11 N–H and O–H groups in total. The first-order valence-electron chi connectivity index (χ1n) is 19.9. The van der Waals surface area contributed by atoms with Crippen LogP contribution in [-0.4, -0.2) is 180 Å². The SMILES string of the molecule is C=C1CC23CCC4C(C)(C(=O)O)CCCC4(C)C2CCC1(O[C@@H]1O[C@H](CO)[C@@H](O)[C@H](O[C@@H]2O[C@H](CO)[C@@H](O)[C@H](O)[C@H]2O)[C@H]1O[C@@H]1O[C@H](CO)[C@@H](O)[C@H](O)[C@H]1O)C3. The highest BCUT2D eigenvalue weighted by molar-refractivity contribution is 5.75. The molecule has 7 aliphatic rings. The van der Waals surface area contributed by atoms with Gasteiger partial charge in [0.25, 0.3) is 0 Å². The van der Waals surface area contributed by atoms with E-state index in [4.69, 9.17) is 28.4 Å². The number of hydrogen-bond acceptors (Lipinski definition) is 17. The van der Waals surface area contributed by atoms with Gasteiger partial charge in [0.1, 0.15) is 73.2 Å². The van der Waals surface area contributed by atoms with E-state index in [1.54, 1.807) is 0 Å². The number of aliphatic carboxylic acids is 1. The normalized spacial score (nSPS) is 54.6. The standard InChI is InChI=1S/C38H60O18/c1-16-11-37-9-5-20-35(2,7-4-8-36(20,3)34(49)50)21(37)6-10-38(16,15-37)56-33-30(55-32-28(48)26(46)23(43)18(13-40)52-32)29(24(44)19(14-41)53-33)54-31-27(47)25(45)22(42)17(12-39)51-31/h17-33,39-48H,1,4-15H2,2-3H3,(H,49,50)/t17-,18-,19-,20?,21?,22-,23-,24-,25+,26+,27-,28-,29+,30-,31+,32+,33+,35?,36?,37?,38?/m1/s1. The van der Waals surface area contributed by atoms with Crippen molar-refractivity contribution in [2.24, 2.45) is 28.1 Å². The van der Waals surface area contributed by atoms with Crippen molar-refractivity contribution >= 4 is 5.97 Å². The van der Waals surface area contributed by atoms with Crippen LogP contribution in [0, 0.1) is 28.1 Å². The van der Waals surface area contributed by atoms with Gasteiger partial charge in [0, 0.05) is 0 Å². The molecule has 3 saturated heterocycles. The summed E-state index contributed by atoms with van der Waals surface area (Å²) >= 11 is 0. The summed E-state index contributed by atoms with van der Waals surface area (Å²) in [7, 11) is 0. The second-order valence-electron chi connectivity index (χ2n) is 18.0. The van der Waals surface area contributed by atoms with Crippen molar-refractivity contribution in [3.05, 3.63) is 12.2 Å². The van der Waals surface area contributed by atoms with Crippen LogP contribution in [-0.2, 0) is 33.2 Å². The molecular weight excluding hydrogens is 744 g/mol. The third-order valence-corrected chi connectivity index (χ3v) is 15.0. The van der Waals surface area contributed by atoms with Crippen LogP contribution < -0.4 is 0 Å². The lowest BCUT2D eigenvalue weighted by Crippen LogP contribution is -2.68. The summed E-state index contributed by atoms with van der Waals surface area (Å²) in [5.41, 5.74) is -1.63. The number of aliphatic hydroxyl groups excluding tert-OH is 10. The fraction of sp³-hybridized carbons (Fsp3) is 0.921. The van der Waals surface area contributed by atoms with Crippen molar-refractivity contribution < 1.29 is 89.4 Å². The number of ether oxygens (including phenoxy) is 6. The molecule has 21 atom stereocenters. The lowest BCUT2D eigenvalue weighted by atomic mass is 9.41. The van der Waals surface area contributed by atoms with Crippen LogP contribution in [0.2, 0.25) is 0 Å². The Labute approximate surface area is 324 Å². The molecule has 6 unspecified atom stereocenters. The maximum Gasteiger partial charge on any atom is 0.309 e. The average molecular weight is 805 g/mol. The molecule has 2 bridgehead atoms. The van der Waals surface area contributed by atoms with E-state index >= 15 is 0 Å². The zero-order valence-electron chi connectivity index (χ0n) is 31.8. The van der Waals surface area contributed by atoms with Gasteiger partial charge in [-0.2, -0.15) is 0 Å². The monoisotopic (exact) mass is 804 g/mol. The Morgan fingerprint density at radius 1 is 0.679 bits per heavy atom. The minimum Gasteiger partial charge on any atom is -0.481 e. The molecule has 0 aromatic heterocycles. The second kappa shape index (κ2) is 15.6. The van der Waals surface area contributed by atoms with Crippen LogP contribution in [0.4, 0.5) is 0 Å². The molecule has 1 spiro atoms. The molecule has 18 nitrogen and oxygen atoms in total. The quantitative estimate of drug-likeness (QED) is 0.0812. The number of aliphatic hydroxyl groups is 10. The van der Waals surface area contributed by atoms with Crippen molar-refractivity contribution in [1.82, 2.24) is 0 Å². The lowest BCUT2D eigenvalue weighted by Gasteiger charge is -2.64. The third-order valence-electron chi connectivity index (χ3n) is 15.0. The smallest absolute Gasteiger partial charge is 0.309 e. The van der Waals surface area contributed by atoms with E-state index in [1.807, 2.05) is 6.92 Å². The van der Waals surface area contributed by atoms with Gasteiger partial charge in [-0.15, -0.1) is 0 Å². The number of fused-ring (bicyclic) bond motifs is 3. The number of carboxylic acids is 1. The Balaban J connectivity index is 1.21. The molecule has 320 valence electrons. The van der Waals surface area contributed by atoms with Crippen molar-refractivity contribution in [3.63, 3.8) is 0 Å². The van der Waals surface area contributed by atoms with E-state index in [-0.39, 0.29) is 22.7 Å². The first kappa shape index (κ1) is 42.7. The van der Waals surface area contributed by atoms with E-state index < -0.39 is 129 Å². The summed E-state index contributed by atoms with van der Waals surface area (Å²) in [5.74, 6) is -0.606. The summed E-state index contributed by atoms with van der Waals surface area (Å²) in [6, 6.07) is 0. The Morgan fingerprint density at radius 3 is 1.75 bits per heavy atom. The summed E-state index contributed by atoms with van der Waals surface area (Å²) in [5, 5.41) is 116. The van der Waals surface area contributed by atoms with Gasteiger partial charge < -0.3 is 84.6 Å². The fourth-order valence-electron chi connectivity index (χ4n) is 12.1. The zero-order valence-corrected chi connectivity index (χ0v) is 31.8. The van der Waals surface area contributed by atoms with E-state index in [9.17, 15) is 61.0 Å². The van der Waals surface area contributed by atoms with E-state index in [1.165, 1.54) is 0 Å². The van der Waals surface area contributed by atoms with Gasteiger partial charge in [-0.1, -0.05) is 19.9 Å². The first-order valence-corrected chi connectivity index (χ1v) is 19.9. The van der Waals surface area contributed by atoms with Crippen LogP contribution >= 0.6 is 0 Å². The molecule has 3 heterocycles. The summed E-state index contributed by atoms with van der Waals surface area (Å²) in [6.45, 7) is 6.28. The topological polar surface area (TPSA) is 295 Å². The summed E-state index contributed by atoms with van der Waals surface area (Å²) in [4.78, 5) is 12.7. The van der Waals surface area contributed by atoms with Crippen molar-refractivity contribution in [3.8, 4) is 0 Å². The van der Waals surface area contributed by atoms with E-state index in [0.717, 1.165) is 31.3 Å². The number of carbonyl (C=O) groups is 1. The van der Waals surface area contributed by atoms with Gasteiger partial charge in [-0.3, -0.25) is 4.79 Å². The Bertz CT molecular complexity index is 1450. The van der Waals surface area contributed by atoms with Gasteiger partial charge in [-0.05, 0) is 86.5 Å². The Hall–Kier alpha value is -1.43. The molecule has 4 aliphatic carbocycles. The largest absolute Gasteiger partial charge is 0.481 e. The molecule has 0 aromatic rings. The molecule has 0 aromatic carbocycles. The average Bonchev–Trinajstić information content (AvgIpc) is 3.36. The first-order chi connectivity index (χ1) is 26.4. The minimum atomic E-state index is -1.91.